The highest BCUT2D eigenvalue weighted by Crippen LogP contribution is 2.31. The molecular formula is C13H16N4O2S2. The van der Waals surface area contributed by atoms with Crippen molar-refractivity contribution in [1.82, 2.24) is 9.97 Å². The summed E-state index contributed by atoms with van der Waals surface area (Å²) in [5, 5.41) is 3.23. The second-order valence-corrected chi connectivity index (χ2v) is 7.54. The minimum atomic E-state index is -3.68. The van der Waals surface area contributed by atoms with Crippen molar-refractivity contribution in [2.24, 2.45) is 0 Å². The van der Waals surface area contributed by atoms with Gasteiger partial charge in [-0.15, -0.1) is 11.3 Å². The summed E-state index contributed by atoms with van der Waals surface area (Å²) in [4.78, 5) is 9.75. The summed E-state index contributed by atoms with van der Waals surface area (Å²) in [5.74, 6) is 0.325. The van der Waals surface area contributed by atoms with Crippen molar-refractivity contribution >= 4 is 32.3 Å². The molecule has 0 bridgehead atoms. The third-order valence-electron chi connectivity index (χ3n) is 3.36. The summed E-state index contributed by atoms with van der Waals surface area (Å²) in [7, 11) is -2.04. The molecule has 0 spiro atoms. The quantitative estimate of drug-likeness (QED) is 0.901. The van der Waals surface area contributed by atoms with Crippen molar-refractivity contribution in [2.45, 2.75) is 30.6 Å². The van der Waals surface area contributed by atoms with Gasteiger partial charge in [-0.05, 0) is 37.8 Å². The van der Waals surface area contributed by atoms with Gasteiger partial charge in [0.05, 0.1) is 5.69 Å². The molecule has 0 aromatic carbocycles. The summed E-state index contributed by atoms with van der Waals surface area (Å²) < 4.78 is 27.5. The van der Waals surface area contributed by atoms with Crippen molar-refractivity contribution in [2.75, 3.05) is 17.1 Å². The van der Waals surface area contributed by atoms with Gasteiger partial charge in [0, 0.05) is 18.1 Å². The summed E-state index contributed by atoms with van der Waals surface area (Å²) in [5.41, 5.74) is 1.03. The Morgan fingerprint density at radius 2 is 2.10 bits per heavy atom. The van der Waals surface area contributed by atoms with Crippen molar-refractivity contribution in [1.29, 1.82) is 0 Å². The van der Waals surface area contributed by atoms with Crippen molar-refractivity contribution in [3.8, 4) is 0 Å². The number of hydrogen-bond acceptors (Lipinski definition) is 6. The highest BCUT2D eigenvalue weighted by molar-refractivity contribution is 7.93. The topological polar surface area (TPSA) is 84.0 Å². The van der Waals surface area contributed by atoms with Gasteiger partial charge in [-0.2, -0.15) is 0 Å². The molecule has 112 valence electrons. The molecule has 0 saturated heterocycles. The fourth-order valence-electron chi connectivity index (χ4n) is 2.36. The maximum atomic E-state index is 12.5. The number of aryl methyl sites for hydroxylation is 2. The van der Waals surface area contributed by atoms with Crippen molar-refractivity contribution < 1.29 is 8.42 Å². The monoisotopic (exact) mass is 324 g/mol. The van der Waals surface area contributed by atoms with E-state index < -0.39 is 10.0 Å². The third-order valence-corrected chi connectivity index (χ3v) is 5.94. The SMILES string of the molecule is CNc1ncccc1S(=O)(=O)Nc1nc2c(s1)CCCC2. The van der Waals surface area contributed by atoms with Crippen LogP contribution in [0.4, 0.5) is 10.9 Å². The predicted octanol–water partition coefficient (Wildman–Crippen LogP) is 2.26. The maximum Gasteiger partial charge on any atom is 0.267 e. The number of hydrogen-bond donors (Lipinski definition) is 2. The number of pyridine rings is 1. The fraction of sp³-hybridized carbons (Fsp3) is 0.385. The van der Waals surface area contributed by atoms with Crippen LogP contribution in [0, 0.1) is 0 Å². The maximum absolute atomic E-state index is 12.5. The Hall–Kier alpha value is -1.67. The summed E-state index contributed by atoms with van der Waals surface area (Å²) >= 11 is 1.43. The number of rotatable bonds is 4. The first kappa shape index (κ1) is 14.3. The number of anilines is 2. The zero-order valence-corrected chi connectivity index (χ0v) is 13.2. The van der Waals surface area contributed by atoms with E-state index in [1.807, 2.05) is 0 Å². The lowest BCUT2D eigenvalue weighted by Crippen LogP contribution is -2.15. The Morgan fingerprint density at radius 1 is 1.29 bits per heavy atom. The Kier molecular flexibility index (Phi) is 3.81. The number of fused-ring (bicyclic) bond motifs is 1. The second-order valence-electron chi connectivity index (χ2n) is 4.80. The van der Waals surface area contributed by atoms with Crippen LogP contribution >= 0.6 is 11.3 Å². The first-order valence-electron chi connectivity index (χ1n) is 6.74. The number of sulfonamides is 1. The largest absolute Gasteiger partial charge is 0.372 e. The smallest absolute Gasteiger partial charge is 0.267 e. The van der Waals surface area contributed by atoms with E-state index in [0.29, 0.717) is 10.9 Å². The van der Waals surface area contributed by atoms with Crippen LogP contribution in [-0.2, 0) is 22.9 Å². The van der Waals surface area contributed by atoms with E-state index in [2.05, 4.69) is 20.0 Å². The minimum absolute atomic E-state index is 0.126. The molecule has 0 aliphatic heterocycles. The highest BCUT2D eigenvalue weighted by atomic mass is 32.2. The molecule has 2 N–H and O–H groups in total. The van der Waals surface area contributed by atoms with Gasteiger partial charge in [-0.25, -0.2) is 18.4 Å². The molecule has 2 aromatic rings. The molecule has 1 aliphatic rings. The van der Waals surface area contributed by atoms with E-state index in [4.69, 9.17) is 0 Å². The molecule has 1 aliphatic carbocycles. The first-order chi connectivity index (χ1) is 10.1. The highest BCUT2D eigenvalue weighted by Gasteiger charge is 2.22. The Balaban J connectivity index is 1.91. The summed E-state index contributed by atoms with van der Waals surface area (Å²) in [6.45, 7) is 0. The van der Waals surface area contributed by atoms with Crippen LogP contribution in [0.15, 0.2) is 23.2 Å². The lowest BCUT2D eigenvalue weighted by Gasteiger charge is -2.08. The molecule has 2 aromatic heterocycles. The second kappa shape index (κ2) is 5.61. The number of aromatic nitrogens is 2. The molecule has 0 fully saturated rings. The van der Waals surface area contributed by atoms with Gasteiger partial charge in [0.2, 0.25) is 0 Å². The van der Waals surface area contributed by atoms with Gasteiger partial charge >= 0.3 is 0 Å². The number of thiazole rings is 1. The van der Waals surface area contributed by atoms with Crippen LogP contribution < -0.4 is 10.0 Å². The van der Waals surface area contributed by atoms with Crippen molar-refractivity contribution in [3.05, 3.63) is 28.9 Å². The minimum Gasteiger partial charge on any atom is -0.372 e. The van der Waals surface area contributed by atoms with E-state index in [9.17, 15) is 8.42 Å². The van der Waals surface area contributed by atoms with Gasteiger partial charge in [0.25, 0.3) is 10.0 Å². The Morgan fingerprint density at radius 3 is 2.86 bits per heavy atom. The Labute approximate surface area is 127 Å². The van der Waals surface area contributed by atoms with E-state index in [1.54, 1.807) is 19.3 Å². The molecule has 6 nitrogen and oxygen atoms in total. The molecular weight excluding hydrogens is 308 g/mol. The van der Waals surface area contributed by atoms with Crippen LogP contribution in [0.1, 0.15) is 23.4 Å². The molecule has 2 heterocycles. The van der Waals surface area contributed by atoms with Crippen LogP contribution in [0.5, 0.6) is 0 Å². The van der Waals surface area contributed by atoms with Crippen molar-refractivity contribution in [3.63, 3.8) is 0 Å². The zero-order chi connectivity index (χ0) is 14.9. The van der Waals surface area contributed by atoms with Gasteiger partial charge in [-0.1, -0.05) is 0 Å². The van der Waals surface area contributed by atoms with E-state index in [-0.39, 0.29) is 4.90 Å². The average molecular weight is 324 g/mol. The number of nitrogens with zero attached hydrogens (tertiary/aromatic N) is 2. The molecule has 0 unspecified atom stereocenters. The molecule has 0 radical (unpaired) electrons. The van der Waals surface area contributed by atoms with Crippen LogP contribution in [0.25, 0.3) is 0 Å². The lowest BCUT2D eigenvalue weighted by molar-refractivity contribution is 0.601. The summed E-state index contributed by atoms with van der Waals surface area (Å²) in [6, 6.07) is 3.12. The first-order valence-corrected chi connectivity index (χ1v) is 9.04. The van der Waals surface area contributed by atoms with Gasteiger partial charge in [0.15, 0.2) is 5.13 Å². The average Bonchev–Trinajstić information content (AvgIpc) is 2.88. The normalized spacial score (nSPS) is 14.5. The zero-order valence-electron chi connectivity index (χ0n) is 11.6. The third kappa shape index (κ3) is 2.86. The van der Waals surface area contributed by atoms with Crippen LogP contribution in [-0.4, -0.2) is 25.4 Å². The van der Waals surface area contributed by atoms with Crippen LogP contribution in [0.2, 0.25) is 0 Å². The standard InChI is InChI=1S/C13H16N4O2S2/c1-14-12-11(7-4-8-15-12)21(18,19)17-13-16-9-5-2-3-6-10(9)20-13/h4,7-8H,2-3,5-6H2,1H3,(H,14,15)(H,16,17). The van der Waals surface area contributed by atoms with Gasteiger partial charge in [0.1, 0.15) is 10.7 Å². The molecule has 8 heteroatoms. The fourth-order valence-corrected chi connectivity index (χ4v) is 4.81. The molecule has 0 atom stereocenters. The Bertz CT molecular complexity index is 732. The predicted molar refractivity (Wildman–Crippen MR) is 83.3 cm³/mol. The molecule has 0 saturated carbocycles. The lowest BCUT2D eigenvalue weighted by atomic mass is 10.0. The van der Waals surface area contributed by atoms with E-state index in [0.717, 1.165) is 31.4 Å². The van der Waals surface area contributed by atoms with E-state index >= 15 is 0 Å². The van der Waals surface area contributed by atoms with E-state index in [1.165, 1.54) is 22.3 Å². The molecule has 0 amide bonds. The van der Waals surface area contributed by atoms with Gasteiger partial charge < -0.3 is 5.32 Å². The number of nitrogens with one attached hydrogen (secondary N) is 2. The summed E-state index contributed by atoms with van der Waals surface area (Å²) in [6.07, 6.45) is 5.74. The molecule has 21 heavy (non-hydrogen) atoms. The molecule has 3 rings (SSSR count). The van der Waals surface area contributed by atoms with Gasteiger partial charge in [-0.3, -0.25) is 4.72 Å². The van der Waals surface area contributed by atoms with Crippen LogP contribution in [0.3, 0.4) is 0 Å².